The first-order chi connectivity index (χ1) is 15.2. The number of carbonyl (C=O) groups excluding carboxylic acids is 1. The van der Waals surface area contributed by atoms with E-state index in [9.17, 15) is 24.1 Å². The second-order valence-corrected chi connectivity index (χ2v) is 8.41. The molecule has 1 heterocycles. The molecule has 0 aliphatic carbocycles. The normalized spacial score (nSPS) is 14.8. The van der Waals surface area contributed by atoms with Crippen LogP contribution < -0.4 is 4.74 Å². The third-order valence-corrected chi connectivity index (χ3v) is 5.81. The molecule has 2 aromatic carbocycles. The second-order valence-electron chi connectivity index (χ2n) is 6.73. The van der Waals surface area contributed by atoms with Gasteiger partial charge in [0, 0.05) is 19.0 Å². The summed E-state index contributed by atoms with van der Waals surface area (Å²) in [7, 11) is 0. The van der Waals surface area contributed by atoms with E-state index >= 15 is 0 Å². The largest absolute Gasteiger partial charge is 0.482 e. The van der Waals surface area contributed by atoms with Crippen molar-refractivity contribution in [2.75, 3.05) is 6.54 Å². The van der Waals surface area contributed by atoms with Crippen LogP contribution in [0.3, 0.4) is 0 Å². The molecule has 11 heteroatoms. The van der Waals surface area contributed by atoms with Crippen LogP contribution in [0.4, 0.5) is 10.1 Å². The summed E-state index contributed by atoms with van der Waals surface area (Å²) in [6.45, 7) is 0.208. The van der Waals surface area contributed by atoms with Crippen molar-refractivity contribution >= 4 is 51.9 Å². The van der Waals surface area contributed by atoms with E-state index in [4.69, 9.17) is 22.1 Å². The Balaban J connectivity index is 1.74. The van der Waals surface area contributed by atoms with E-state index in [0.717, 1.165) is 11.8 Å². The van der Waals surface area contributed by atoms with E-state index in [1.807, 2.05) is 0 Å². The number of carbonyl (C=O) groups is 2. The van der Waals surface area contributed by atoms with Crippen molar-refractivity contribution < 1.29 is 28.7 Å². The van der Waals surface area contributed by atoms with Crippen LogP contribution in [-0.4, -0.2) is 37.7 Å². The van der Waals surface area contributed by atoms with Gasteiger partial charge in [-0.25, -0.2) is 4.39 Å². The summed E-state index contributed by atoms with van der Waals surface area (Å²) >= 11 is 6.25. The first-order valence-electron chi connectivity index (χ1n) is 9.37. The number of aliphatic carboxylic acids is 1. The number of nitro benzene ring substituents is 1. The maximum atomic E-state index is 13.0. The number of hydrogen-bond acceptors (Lipinski definition) is 7. The predicted molar refractivity (Wildman–Crippen MR) is 121 cm³/mol. The van der Waals surface area contributed by atoms with Gasteiger partial charge in [-0.05, 0) is 41.8 Å². The minimum Gasteiger partial charge on any atom is -0.482 e. The molecule has 0 atom stereocenters. The Morgan fingerprint density at radius 3 is 2.66 bits per heavy atom. The summed E-state index contributed by atoms with van der Waals surface area (Å²) in [6.07, 6.45) is 1.68. The number of carboxylic acids is 1. The van der Waals surface area contributed by atoms with Crippen molar-refractivity contribution in [1.82, 2.24) is 4.90 Å². The van der Waals surface area contributed by atoms with Gasteiger partial charge in [-0.3, -0.25) is 24.6 Å². The molecule has 2 aromatic rings. The van der Waals surface area contributed by atoms with Crippen LogP contribution in [0.1, 0.15) is 24.0 Å². The van der Waals surface area contributed by atoms with Gasteiger partial charge in [-0.15, -0.1) is 0 Å². The van der Waals surface area contributed by atoms with Gasteiger partial charge in [0.2, 0.25) is 0 Å². The summed E-state index contributed by atoms with van der Waals surface area (Å²) in [5, 5.41) is 20.3. The number of nitrogens with zero attached hydrogens (tertiary/aromatic N) is 2. The third-order valence-electron chi connectivity index (χ3n) is 4.43. The topological polar surface area (TPSA) is 110 Å². The van der Waals surface area contributed by atoms with E-state index in [-0.39, 0.29) is 43.3 Å². The molecule has 1 fully saturated rings. The van der Waals surface area contributed by atoms with Gasteiger partial charge in [0.15, 0.2) is 5.75 Å². The number of rotatable bonds is 9. The van der Waals surface area contributed by atoms with Gasteiger partial charge in [-0.2, -0.15) is 0 Å². The molecule has 0 aromatic heterocycles. The van der Waals surface area contributed by atoms with Crippen molar-refractivity contribution in [2.45, 2.75) is 19.4 Å². The predicted octanol–water partition coefficient (Wildman–Crippen LogP) is 4.38. The quantitative estimate of drug-likeness (QED) is 0.246. The molecule has 166 valence electrons. The zero-order valence-electron chi connectivity index (χ0n) is 16.5. The van der Waals surface area contributed by atoms with Crippen molar-refractivity contribution in [3.05, 3.63) is 74.4 Å². The molecule has 1 amide bonds. The van der Waals surface area contributed by atoms with Crippen molar-refractivity contribution in [1.29, 1.82) is 0 Å². The fraction of sp³-hybridized carbons (Fsp3) is 0.190. The number of halogens is 1. The first-order valence-corrected chi connectivity index (χ1v) is 10.6. The molecule has 0 unspecified atom stereocenters. The Labute approximate surface area is 191 Å². The average molecular weight is 477 g/mol. The molecule has 1 aliphatic heterocycles. The third kappa shape index (κ3) is 5.89. The Bertz CT molecular complexity index is 1100. The van der Waals surface area contributed by atoms with Crippen LogP contribution >= 0.6 is 24.0 Å². The molecule has 32 heavy (non-hydrogen) atoms. The van der Waals surface area contributed by atoms with Gasteiger partial charge in [-0.1, -0.05) is 42.2 Å². The number of carboxylic acid groups (broad SMARTS) is 1. The highest BCUT2D eigenvalue weighted by Crippen LogP contribution is 2.35. The van der Waals surface area contributed by atoms with E-state index in [1.165, 1.54) is 47.4 Å². The molecular formula is C21H17FN2O6S2. The lowest BCUT2D eigenvalue weighted by molar-refractivity contribution is -0.386. The lowest BCUT2D eigenvalue weighted by atomic mass is 10.1. The van der Waals surface area contributed by atoms with Gasteiger partial charge in [0.1, 0.15) is 16.7 Å². The Hall–Kier alpha value is -3.31. The molecule has 1 aliphatic rings. The van der Waals surface area contributed by atoms with E-state index in [2.05, 4.69) is 0 Å². The van der Waals surface area contributed by atoms with Crippen LogP contribution in [0.5, 0.6) is 5.75 Å². The van der Waals surface area contributed by atoms with Crippen molar-refractivity contribution in [3.8, 4) is 5.75 Å². The first kappa shape index (κ1) is 23.4. The van der Waals surface area contributed by atoms with Crippen LogP contribution in [-0.2, 0) is 16.2 Å². The molecule has 3 rings (SSSR count). The van der Waals surface area contributed by atoms with Crippen LogP contribution in [0, 0.1) is 15.9 Å². The molecule has 0 radical (unpaired) electrons. The van der Waals surface area contributed by atoms with E-state index < -0.39 is 16.7 Å². The summed E-state index contributed by atoms with van der Waals surface area (Å²) in [6, 6.07) is 9.88. The number of nitro groups is 1. The molecule has 1 N–H and O–H groups in total. The minimum absolute atomic E-state index is 0.0233. The number of amides is 1. The molecule has 1 saturated heterocycles. The minimum atomic E-state index is -0.958. The molecule has 8 nitrogen and oxygen atoms in total. The van der Waals surface area contributed by atoms with Crippen LogP contribution in [0.25, 0.3) is 6.08 Å². The van der Waals surface area contributed by atoms with Gasteiger partial charge >= 0.3 is 11.7 Å². The highest BCUT2D eigenvalue weighted by atomic mass is 32.2. The van der Waals surface area contributed by atoms with Crippen LogP contribution in [0.2, 0.25) is 0 Å². The smallest absolute Gasteiger partial charge is 0.311 e. The summed E-state index contributed by atoms with van der Waals surface area (Å²) < 4.78 is 18.8. The number of thiocarbonyl (C=S) groups is 1. The van der Waals surface area contributed by atoms with Crippen LogP contribution in [0.15, 0.2) is 47.4 Å². The highest BCUT2D eigenvalue weighted by molar-refractivity contribution is 8.26. The summed E-state index contributed by atoms with van der Waals surface area (Å²) in [5.74, 6) is -1.68. The fourth-order valence-corrected chi connectivity index (χ4v) is 4.17. The lowest BCUT2D eigenvalue weighted by Crippen LogP contribution is -2.29. The van der Waals surface area contributed by atoms with E-state index in [0.29, 0.717) is 20.4 Å². The number of hydrogen-bond donors (Lipinski definition) is 1. The Kier molecular flexibility index (Phi) is 7.54. The summed E-state index contributed by atoms with van der Waals surface area (Å²) in [5.41, 5.74) is 0.783. The maximum Gasteiger partial charge on any atom is 0.311 e. The SMILES string of the molecule is O=C(O)CCCN1C(=O)C(=Cc2ccc(OCc3ccc(F)cc3)c([N+](=O)[O-])c2)SC1=S. The van der Waals surface area contributed by atoms with E-state index in [1.54, 1.807) is 6.07 Å². The van der Waals surface area contributed by atoms with Gasteiger partial charge in [0.25, 0.3) is 5.91 Å². The molecular weight excluding hydrogens is 459 g/mol. The molecule has 0 spiro atoms. The average Bonchev–Trinajstić information content (AvgIpc) is 3.01. The maximum absolute atomic E-state index is 13.0. The van der Waals surface area contributed by atoms with Crippen molar-refractivity contribution in [3.63, 3.8) is 0 Å². The fourth-order valence-electron chi connectivity index (χ4n) is 2.86. The van der Waals surface area contributed by atoms with Gasteiger partial charge < -0.3 is 9.84 Å². The monoisotopic (exact) mass is 476 g/mol. The molecule has 0 saturated carbocycles. The zero-order chi connectivity index (χ0) is 23.3. The number of benzene rings is 2. The van der Waals surface area contributed by atoms with Crippen molar-refractivity contribution in [2.24, 2.45) is 0 Å². The highest BCUT2D eigenvalue weighted by Gasteiger charge is 2.31. The molecule has 0 bridgehead atoms. The summed E-state index contributed by atoms with van der Waals surface area (Å²) in [4.78, 5) is 35.8. The van der Waals surface area contributed by atoms with Gasteiger partial charge in [0.05, 0.1) is 9.83 Å². The number of thioether (sulfide) groups is 1. The Morgan fingerprint density at radius 2 is 2.00 bits per heavy atom. The lowest BCUT2D eigenvalue weighted by Gasteiger charge is -2.13. The Morgan fingerprint density at radius 1 is 1.28 bits per heavy atom. The number of ether oxygens (including phenoxy) is 1. The standard InChI is InChI=1S/C21H17FN2O6S2/c22-15-6-3-13(4-7-15)12-30-17-8-5-14(10-16(17)24(28)29)11-18-20(27)23(21(31)32-18)9-1-2-19(25)26/h3-8,10-11H,1-2,9,12H2,(H,25,26). The zero-order valence-corrected chi connectivity index (χ0v) is 18.2. The second kappa shape index (κ2) is 10.3.